The Balaban J connectivity index is 2.43. The third kappa shape index (κ3) is 6.93. The van der Waals surface area contributed by atoms with Crippen LogP contribution in [0.25, 0.3) is 0 Å². The zero-order valence-corrected chi connectivity index (χ0v) is 13.7. The maximum atomic E-state index is 5.74. The Morgan fingerprint density at radius 3 is 2.33 bits per heavy atom. The summed E-state index contributed by atoms with van der Waals surface area (Å²) in [7, 11) is 1.70. The molecule has 0 aromatic heterocycles. The Hall–Kier alpha value is -1.10. The number of rotatable bonds is 11. The van der Waals surface area contributed by atoms with Gasteiger partial charge in [0.25, 0.3) is 0 Å². The van der Waals surface area contributed by atoms with Crippen molar-refractivity contribution in [3.8, 4) is 5.75 Å². The molecule has 1 aromatic rings. The number of hydrogen-bond acceptors (Lipinski definition) is 4. The first-order valence-corrected chi connectivity index (χ1v) is 7.70. The molecule has 0 bridgehead atoms. The van der Waals surface area contributed by atoms with Crippen LogP contribution in [0.1, 0.15) is 32.4 Å². The van der Waals surface area contributed by atoms with Crippen molar-refractivity contribution in [1.82, 2.24) is 5.32 Å². The van der Waals surface area contributed by atoms with Gasteiger partial charge in [-0.2, -0.15) is 0 Å². The van der Waals surface area contributed by atoms with Gasteiger partial charge in [0.1, 0.15) is 5.75 Å². The van der Waals surface area contributed by atoms with E-state index < -0.39 is 0 Å². The highest BCUT2D eigenvalue weighted by Gasteiger charge is 2.14. The van der Waals surface area contributed by atoms with Gasteiger partial charge in [-0.3, -0.25) is 0 Å². The van der Waals surface area contributed by atoms with Crippen LogP contribution >= 0.6 is 0 Å². The van der Waals surface area contributed by atoms with Gasteiger partial charge >= 0.3 is 0 Å². The van der Waals surface area contributed by atoms with Crippen LogP contribution in [0.5, 0.6) is 5.75 Å². The minimum absolute atomic E-state index is 0.135. The van der Waals surface area contributed by atoms with Gasteiger partial charge in [0, 0.05) is 12.2 Å². The van der Waals surface area contributed by atoms with E-state index in [1.807, 2.05) is 18.2 Å². The number of nitrogens with one attached hydrogen (secondary N) is 1. The third-order valence-corrected chi connectivity index (χ3v) is 3.07. The Labute approximate surface area is 128 Å². The molecule has 4 heteroatoms. The highest BCUT2D eigenvalue weighted by molar-refractivity contribution is 5.35. The molecule has 0 spiro atoms. The molecule has 1 atom stereocenters. The molecule has 0 saturated heterocycles. The molecule has 0 fully saturated rings. The number of hydrogen-bond donors (Lipinski definition) is 1. The molecule has 1 unspecified atom stereocenters. The lowest BCUT2D eigenvalue weighted by atomic mass is 10.1. The fourth-order valence-corrected chi connectivity index (χ4v) is 2.10. The quantitative estimate of drug-likeness (QED) is 0.637. The van der Waals surface area contributed by atoms with Crippen LogP contribution in [0, 0.1) is 5.92 Å². The molecule has 0 saturated carbocycles. The average molecular weight is 295 g/mol. The van der Waals surface area contributed by atoms with Gasteiger partial charge in [0.2, 0.25) is 0 Å². The van der Waals surface area contributed by atoms with Crippen molar-refractivity contribution in [2.75, 3.05) is 40.1 Å². The molecule has 0 radical (unpaired) electrons. The minimum Gasteiger partial charge on any atom is -0.496 e. The van der Waals surface area contributed by atoms with Gasteiger partial charge in [0.15, 0.2) is 0 Å². The summed E-state index contributed by atoms with van der Waals surface area (Å²) < 4.78 is 16.7. The molecule has 21 heavy (non-hydrogen) atoms. The molecule has 1 N–H and O–H groups in total. The van der Waals surface area contributed by atoms with E-state index in [4.69, 9.17) is 14.2 Å². The highest BCUT2D eigenvalue weighted by atomic mass is 16.5. The first kappa shape index (κ1) is 18.0. The summed E-state index contributed by atoms with van der Waals surface area (Å²) in [6, 6.07) is 8.19. The first-order valence-electron chi connectivity index (χ1n) is 7.70. The summed E-state index contributed by atoms with van der Waals surface area (Å²) in [5.74, 6) is 1.45. The lowest BCUT2D eigenvalue weighted by Crippen LogP contribution is -2.26. The Morgan fingerprint density at radius 2 is 1.71 bits per heavy atom. The van der Waals surface area contributed by atoms with E-state index in [9.17, 15) is 0 Å². The molecule has 0 aliphatic carbocycles. The normalized spacial score (nSPS) is 12.6. The molecule has 0 heterocycles. The first-order chi connectivity index (χ1) is 10.2. The van der Waals surface area contributed by atoms with Crippen LogP contribution in [0.4, 0.5) is 0 Å². The second-order valence-corrected chi connectivity index (χ2v) is 5.40. The van der Waals surface area contributed by atoms with E-state index in [-0.39, 0.29) is 6.04 Å². The largest absolute Gasteiger partial charge is 0.496 e. The van der Waals surface area contributed by atoms with Crippen molar-refractivity contribution in [2.24, 2.45) is 5.92 Å². The topological polar surface area (TPSA) is 39.7 Å². The predicted molar refractivity (Wildman–Crippen MR) is 85.9 cm³/mol. The Morgan fingerprint density at radius 1 is 1.05 bits per heavy atom. The summed E-state index contributed by atoms with van der Waals surface area (Å²) in [6.07, 6.45) is 0. The Kier molecular flexibility index (Phi) is 9.06. The molecule has 4 nitrogen and oxygen atoms in total. The standard InChI is InChI=1S/C17H29NO3/c1-5-18-16(13-21-11-10-20-12-14(2)3)15-8-6-7-9-17(15)19-4/h6-9,14,16,18H,5,10-13H2,1-4H3. The van der Waals surface area contributed by atoms with E-state index in [0.29, 0.717) is 25.7 Å². The zero-order chi connectivity index (χ0) is 15.5. The fraction of sp³-hybridized carbons (Fsp3) is 0.647. The van der Waals surface area contributed by atoms with Gasteiger partial charge in [-0.15, -0.1) is 0 Å². The van der Waals surface area contributed by atoms with Gasteiger partial charge in [0.05, 0.1) is 33.0 Å². The van der Waals surface area contributed by atoms with Gasteiger partial charge in [-0.25, -0.2) is 0 Å². The minimum atomic E-state index is 0.135. The van der Waals surface area contributed by atoms with Crippen molar-refractivity contribution in [3.63, 3.8) is 0 Å². The zero-order valence-electron chi connectivity index (χ0n) is 13.7. The number of methoxy groups -OCH3 is 1. The fourth-order valence-electron chi connectivity index (χ4n) is 2.10. The molecular formula is C17H29NO3. The second-order valence-electron chi connectivity index (χ2n) is 5.40. The monoisotopic (exact) mass is 295 g/mol. The molecule has 1 rings (SSSR count). The lowest BCUT2D eigenvalue weighted by Gasteiger charge is -2.20. The lowest BCUT2D eigenvalue weighted by molar-refractivity contribution is 0.0302. The maximum absolute atomic E-state index is 5.74. The second kappa shape index (κ2) is 10.6. The van der Waals surface area contributed by atoms with Gasteiger partial charge in [-0.1, -0.05) is 39.0 Å². The van der Waals surface area contributed by atoms with E-state index >= 15 is 0 Å². The van der Waals surface area contributed by atoms with Crippen molar-refractivity contribution in [3.05, 3.63) is 29.8 Å². The van der Waals surface area contributed by atoms with Crippen LogP contribution in [-0.2, 0) is 9.47 Å². The molecule has 0 aliphatic heterocycles. The van der Waals surface area contributed by atoms with E-state index in [1.165, 1.54) is 0 Å². The average Bonchev–Trinajstić information content (AvgIpc) is 2.49. The van der Waals surface area contributed by atoms with Crippen molar-refractivity contribution >= 4 is 0 Å². The van der Waals surface area contributed by atoms with Crippen LogP contribution in [0.2, 0.25) is 0 Å². The Bertz CT molecular complexity index is 382. The summed E-state index contributed by atoms with van der Waals surface area (Å²) in [5, 5.41) is 3.44. The number of benzene rings is 1. The van der Waals surface area contributed by atoms with Gasteiger partial charge < -0.3 is 19.5 Å². The molecule has 0 amide bonds. The molecule has 1 aromatic carbocycles. The SMILES string of the molecule is CCNC(COCCOCC(C)C)c1ccccc1OC. The van der Waals surface area contributed by atoms with Crippen LogP contribution in [0.3, 0.4) is 0 Å². The number of likely N-dealkylation sites (N-methyl/N-ethyl adjacent to an activating group) is 1. The van der Waals surface area contributed by atoms with Crippen LogP contribution < -0.4 is 10.1 Å². The van der Waals surface area contributed by atoms with Crippen LogP contribution in [0.15, 0.2) is 24.3 Å². The molecule has 0 aliphatic rings. The molecular weight excluding hydrogens is 266 g/mol. The van der Waals surface area contributed by atoms with E-state index in [2.05, 4.69) is 32.2 Å². The number of ether oxygens (including phenoxy) is 3. The maximum Gasteiger partial charge on any atom is 0.123 e. The van der Waals surface area contributed by atoms with Crippen molar-refractivity contribution in [2.45, 2.75) is 26.8 Å². The van der Waals surface area contributed by atoms with Crippen LogP contribution in [-0.4, -0.2) is 40.1 Å². The third-order valence-electron chi connectivity index (χ3n) is 3.07. The predicted octanol–water partition coefficient (Wildman–Crippen LogP) is 3.04. The van der Waals surface area contributed by atoms with Crippen molar-refractivity contribution in [1.29, 1.82) is 0 Å². The van der Waals surface area contributed by atoms with Gasteiger partial charge in [-0.05, 0) is 18.5 Å². The van der Waals surface area contributed by atoms with E-state index in [1.54, 1.807) is 7.11 Å². The van der Waals surface area contributed by atoms with Crippen molar-refractivity contribution < 1.29 is 14.2 Å². The summed E-state index contributed by atoms with van der Waals surface area (Å²) in [4.78, 5) is 0. The summed E-state index contributed by atoms with van der Waals surface area (Å²) in [6.45, 7) is 9.91. The summed E-state index contributed by atoms with van der Waals surface area (Å²) in [5.41, 5.74) is 1.13. The highest BCUT2D eigenvalue weighted by Crippen LogP contribution is 2.24. The smallest absolute Gasteiger partial charge is 0.123 e. The molecule has 120 valence electrons. The van der Waals surface area contributed by atoms with E-state index in [0.717, 1.165) is 24.5 Å². The summed E-state index contributed by atoms with van der Waals surface area (Å²) >= 11 is 0. The number of para-hydroxylation sites is 1.